The van der Waals surface area contributed by atoms with Gasteiger partial charge in [0.05, 0.1) is 31.4 Å². The minimum atomic E-state index is -0.643. The van der Waals surface area contributed by atoms with Gasteiger partial charge in [0, 0.05) is 19.2 Å². The van der Waals surface area contributed by atoms with E-state index >= 15 is 0 Å². The zero-order valence-electron chi connectivity index (χ0n) is 16.8. The second-order valence-corrected chi connectivity index (χ2v) is 7.17. The number of carbonyl (C=O) groups excluding carboxylic acids is 2. The zero-order chi connectivity index (χ0) is 20.8. The number of hydrogen-bond donors (Lipinski definition) is 2. The molecule has 7 nitrogen and oxygen atoms in total. The monoisotopic (exact) mass is 397 g/mol. The largest absolute Gasteiger partial charge is 0.493 e. The maximum Gasteiger partial charge on any atom is 0.250 e. The summed E-state index contributed by atoms with van der Waals surface area (Å²) in [4.78, 5) is 27.1. The van der Waals surface area contributed by atoms with Gasteiger partial charge in [-0.05, 0) is 31.0 Å². The number of primary amides is 1. The fourth-order valence-corrected chi connectivity index (χ4v) is 3.68. The number of nitrogens with two attached hydrogens (primary N) is 1. The van der Waals surface area contributed by atoms with Gasteiger partial charge in [-0.3, -0.25) is 14.5 Å². The molecular formula is C22H27N3O4. The van der Waals surface area contributed by atoms with Crippen molar-refractivity contribution in [2.45, 2.75) is 19.4 Å². The molecule has 1 saturated heterocycles. The van der Waals surface area contributed by atoms with E-state index < -0.39 is 5.91 Å². The number of nitrogens with zero attached hydrogens (tertiary/aromatic N) is 1. The summed E-state index contributed by atoms with van der Waals surface area (Å²) in [7, 11) is 2.97. The average Bonchev–Trinajstić information content (AvgIpc) is 2.74. The molecule has 2 amide bonds. The lowest BCUT2D eigenvalue weighted by Gasteiger charge is -2.32. The maximum atomic E-state index is 12.9. The summed E-state index contributed by atoms with van der Waals surface area (Å²) in [6, 6.07) is 13.3. The molecule has 1 fully saturated rings. The van der Waals surface area contributed by atoms with Crippen LogP contribution in [0.15, 0.2) is 42.5 Å². The Bertz CT molecular complexity index is 870. The summed E-state index contributed by atoms with van der Waals surface area (Å²) in [5.41, 5.74) is 7.24. The third-order valence-electron chi connectivity index (χ3n) is 5.17. The Morgan fingerprint density at radius 2 is 1.83 bits per heavy atom. The van der Waals surface area contributed by atoms with E-state index in [2.05, 4.69) is 22.3 Å². The first-order chi connectivity index (χ1) is 14.0. The van der Waals surface area contributed by atoms with Gasteiger partial charge in [-0.25, -0.2) is 0 Å². The maximum absolute atomic E-state index is 12.9. The van der Waals surface area contributed by atoms with E-state index in [1.807, 2.05) is 18.2 Å². The molecule has 2 aromatic rings. The second kappa shape index (κ2) is 9.43. The molecule has 29 heavy (non-hydrogen) atoms. The van der Waals surface area contributed by atoms with Crippen LogP contribution in [-0.2, 0) is 11.3 Å². The summed E-state index contributed by atoms with van der Waals surface area (Å²) in [6.45, 7) is 2.44. The van der Waals surface area contributed by atoms with Crippen molar-refractivity contribution < 1.29 is 19.1 Å². The van der Waals surface area contributed by atoms with Crippen LogP contribution in [0.25, 0.3) is 0 Å². The van der Waals surface area contributed by atoms with Crippen molar-refractivity contribution in [3.63, 3.8) is 0 Å². The van der Waals surface area contributed by atoms with Gasteiger partial charge in [0.1, 0.15) is 0 Å². The summed E-state index contributed by atoms with van der Waals surface area (Å²) in [5.74, 6) is -0.137. The summed E-state index contributed by atoms with van der Waals surface area (Å²) in [5, 5.41) is 2.87. The number of amides is 2. The first-order valence-electron chi connectivity index (χ1n) is 9.64. The molecule has 3 N–H and O–H groups in total. The Labute approximate surface area is 170 Å². The van der Waals surface area contributed by atoms with Crippen LogP contribution in [0.3, 0.4) is 0 Å². The third-order valence-corrected chi connectivity index (χ3v) is 5.17. The van der Waals surface area contributed by atoms with Crippen molar-refractivity contribution in [2.24, 2.45) is 11.7 Å². The highest BCUT2D eigenvalue weighted by atomic mass is 16.5. The van der Waals surface area contributed by atoms with Crippen molar-refractivity contribution in [3.8, 4) is 11.5 Å². The van der Waals surface area contributed by atoms with Gasteiger partial charge in [0.25, 0.3) is 5.91 Å². The van der Waals surface area contributed by atoms with E-state index in [-0.39, 0.29) is 17.4 Å². The Hall–Kier alpha value is -3.06. The fourth-order valence-electron chi connectivity index (χ4n) is 3.68. The number of rotatable bonds is 7. The Morgan fingerprint density at radius 1 is 1.14 bits per heavy atom. The van der Waals surface area contributed by atoms with E-state index in [0.29, 0.717) is 23.7 Å². The van der Waals surface area contributed by atoms with E-state index in [4.69, 9.17) is 15.2 Å². The highest BCUT2D eigenvalue weighted by Gasteiger charge is 2.27. The number of hydrogen-bond acceptors (Lipinski definition) is 5. The lowest BCUT2D eigenvalue weighted by molar-refractivity contribution is -0.121. The fraction of sp³-hybridized carbons (Fsp3) is 0.364. The van der Waals surface area contributed by atoms with Crippen molar-refractivity contribution >= 4 is 17.5 Å². The van der Waals surface area contributed by atoms with Gasteiger partial charge in [0.15, 0.2) is 11.5 Å². The summed E-state index contributed by atoms with van der Waals surface area (Å²) >= 11 is 0. The molecule has 1 unspecified atom stereocenters. The first-order valence-corrected chi connectivity index (χ1v) is 9.64. The topological polar surface area (TPSA) is 93.9 Å². The normalized spacial score (nSPS) is 16.8. The molecule has 0 saturated carbocycles. The van der Waals surface area contributed by atoms with Crippen molar-refractivity contribution in [1.29, 1.82) is 0 Å². The molecule has 7 heteroatoms. The van der Waals surface area contributed by atoms with Gasteiger partial charge in [0.2, 0.25) is 5.91 Å². The number of nitrogens with one attached hydrogen (secondary N) is 1. The van der Waals surface area contributed by atoms with Crippen LogP contribution in [0, 0.1) is 5.92 Å². The van der Waals surface area contributed by atoms with Gasteiger partial charge in [-0.2, -0.15) is 0 Å². The average molecular weight is 397 g/mol. The number of likely N-dealkylation sites (tertiary alicyclic amines) is 1. The number of piperidine rings is 1. The molecule has 0 aromatic heterocycles. The molecule has 154 valence electrons. The predicted octanol–water partition coefficient (Wildman–Crippen LogP) is 2.65. The molecule has 1 heterocycles. The predicted molar refractivity (Wildman–Crippen MR) is 111 cm³/mol. The lowest BCUT2D eigenvalue weighted by Crippen LogP contribution is -2.40. The third kappa shape index (κ3) is 5.06. The smallest absolute Gasteiger partial charge is 0.250 e. The first kappa shape index (κ1) is 20.7. The minimum absolute atomic E-state index is 0.127. The zero-order valence-corrected chi connectivity index (χ0v) is 16.8. The quantitative estimate of drug-likeness (QED) is 0.749. The molecule has 3 rings (SSSR count). The Kier molecular flexibility index (Phi) is 6.72. The molecule has 0 spiro atoms. The molecular weight excluding hydrogens is 370 g/mol. The van der Waals surface area contributed by atoms with E-state index in [1.54, 1.807) is 6.07 Å². The van der Waals surface area contributed by atoms with Crippen LogP contribution < -0.4 is 20.5 Å². The number of methoxy groups -OCH3 is 2. The lowest BCUT2D eigenvalue weighted by atomic mass is 9.96. The summed E-state index contributed by atoms with van der Waals surface area (Å²) < 4.78 is 10.5. The van der Waals surface area contributed by atoms with Crippen LogP contribution in [0.2, 0.25) is 0 Å². The van der Waals surface area contributed by atoms with Crippen molar-refractivity contribution in [1.82, 2.24) is 4.90 Å². The Balaban J connectivity index is 1.73. The highest BCUT2D eigenvalue weighted by molar-refractivity contribution is 6.04. The van der Waals surface area contributed by atoms with Crippen LogP contribution in [0.1, 0.15) is 28.8 Å². The van der Waals surface area contributed by atoms with Crippen LogP contribution >= 0.6 is 0 Å². The Morgan fingerprint density at radius 3 is 2.48 bits per heavy atom. The molecule has 0 bridgehead atoms. The van der Waals surface area contributed by atoms with Gasteiger partial charge < -0.3 is 20.5 Å². The number of ether oxygens (including phenoxy) is 2. The highest BCUT2D eigenvalue weighted by Crippen LogP contribution is 2.33. The second-order valence-electron chi connectivity index (χ2n) is 7.17. The van der Waals surface area contributed by atoms with E-state index in [9.17, 15) is 9.59 Å². The van der Waals surface area contributed by atoms with Crippen molar-refractivity contribution in [3.05, 3.63) is 53.6 Å². The number of benzene rings is 2. The van der Waals surface area contributed by atoms with Crippen LogP contribution in [-0.4, -0.2) is 44.0 Å². The van der Waals surface area contributed by atoms with Crippen LogP contribution in [0.5, 0.6) is 11.5 Å². The van der Waals surface area contributed by atoms with Gasteiger partial charge in [-0.1, -0.05) is 30.3 Å². The molecule has 1 aliphatic heterocycles. The van der Waals surface area contributed by atoms with E-state index in [0.717, 1.165) is 25.9 Å². The molecule has 0 radical (unpaired) electrons. The van der Waals surface area contributed by atoms with Gasteiger partial charge >= 0.3 is 0 Å². The van der Waals surface area contributed by atoms with Gasteiger partial charge in [-0.15, -0.1) is 0 Å². The standard InChI is InChI=1S/C22H27N3O4/c1-28-19-11-17(21(23)26)18(12-20(19)29-2)24-22(27)16-9-6-10-25(14-16)13-15-7-4-3-5-8-15/h3-5,7-8,11-12,16H,6,9-10,13-14H2,1-2H3,(H2,23,26)(H,24,27). The van der Waals surface area contributed by atoms with Crippen molar-refractivity contribution in [2.75, 3.05) is 32.6 Å². The molecule has 2 aromatic carbocycles. The van der Waals surface area contributed by atoms with Crippen LogP contribution in [0.4, 0.5) is 5.69 Å². The number of anilines is 1. The molecule has 0 aliphatic carbocycles. The number of carbonyl (C=O) groups is 2. The summed E-state index contributed by atoms with van der Waals surface area (Å²) in [6.07, 6.45) is 1.75. The molecule has 1 atom stereocenters. The molecule has 1 aliphatic rings. The van der Waals surface area contributed by atoms with E-state index in [1.165, 1.54) is 25.8 Å². The minimum Gasteiger partial charge on any atom is -0.493 e. The SMILES string of the molecule is COc1cc(NC(=O)C2CCCN(Cc3ccccc3)C2)c(C(N)=O)cc1OC.